The molecule has 0 atom stereocenters. The van der Waals surface area contributed by atoms with Crippen LogP contribution in [0.25, 0.3) is 22.5 Å². The van der Waals surface area contributed by atoms with E-state index in [9.17, 15) is 4.39 Å². The molecule has 4 nitrogen and oxygen atoms in total. The number of nitrogens with one attached hydrogen (secondary N) is 1. The molecule has 0 radical (unpaired) electrons. The number of aromatic amines is 1. The summed E-state index contributed by atoms with van der Waals surface area (Å²) in [6.07, 6.45) is 9.57. The lowest BCUT2D eigenvalue weighted by molar-refractivity contribution is 0.226. The minimum absolute atomic E-state index is 0.235. The van der Waals surface area contributed by atoms with Gasteiger partial charge in [-0.15, -0.1) is 0 Å². The SMILES string of the molecule is Fc1ccc(-c2nc(CCCN3CCCCC3)[nH]c2-c2ccncc2)cc1. The molecule has 1 saturated heterocycles. The zero-order valence-electron chi connectivity index (χ0n) is 15.5. The van der Waals surface area contributed by atoms with Crippen molar-refractivity contribution in [3.05, 3.63) is 60.4 Å². The number of likely N-dealkylation sites (tertiary alicyclic amines) is 1. The van der Waals surface area contributed by atoms with Gasteiger partial charge >= 0.3 is 0 Å². The quantitative estimate of drug-likeness (QED) is 0.690. The predicted octanol–water partition coefficient (Wildman–Crippen LogP) is 4.70. The molecule has 0 spiro atoms. The van der Waals surface area contributed by atoms with Gasteiger partial charge in [-0.2, -0.15) is 0 Å². The molecule has 3 heterocycles. The van der Waals surface area contributed by atoms with Crippen LogP contribution in [0.5, 0.6) is 0 Å². The van der Waals surface area contributed by atoms with Crippen LogP contribution in [0, 0.1) is 5.82 Å². The van der Waals surface area contributed by atoms with Crippen molar-refractivity contribution in [1.82, 2.24) is 19.9 Å². The van der Waals surface area contributed by atoms with E-state index in [0.717, 1.165) is 47.7 Å². The Morgan fingerprint density at radius 3 is 2.41 bits per heavy atom. The molecule has 0 aliphatic carbocycles. The zero-order valence-corrected chi connectivity index (χ0v) is 15.5. The highest BCUT2D eigenvalue weighted by molar-refractivity contribution is 5.78. The first-order valence-corrected chi connectivity index (χ1v) is 9.77. The van der Waals surface area contributed by atoms with E-state index in [0.29, 0.717) is 0 Å². The third kappa shape index (κ3) is 4.42. The minimum atomic E-state index is -0.235. The average molecular weight is 364 g/mol. The Balaban J connectivity index is 1.54. The number of hydrogen-bond acceptors (Lipinski definition) is 3. The third-order valence-electron chi connectivity index (χ3n) is 5.18. The normalized spacial score (nSPS) is 15.1. The summed E-state index contributed by atoms with van der Waals surface area (Å²) in [6, 6.07) is 10.5. The summed E-state index contributed by atoms with van der Waals surface area (Å²) in [5.74, 6) is 0.750. The number of rotatable bonds is 6. The third-order valence-corrected chi connectivity index (χ3v) is 5.18. The first kappa shape index (κ1) is 17.9. The topological polar surface area (TPSA) is 44.8 Å². The fourth-order valence-electron chi connectivity index (χ4n) is 3.74. The summed E-state index contributed by atoms with van der Waals surface area (Å²) in [6.45, 7) is 3.57. The van der Waals surface area contributed by atoms with Gasteiger partial charge in [0.05, 0.1) is 11.4 Å². The van der Waals surface area contributed by atoms with E-state index in [4.69, 9.17) is 4.98 Å². The number of benzene rings is 1. The maximum Gasteiger partial charge on any atom is 0.123 e. The fraction of sp³-hybridized carbons (Fsp3) is 0.364. The standard InChI is InChI=1S/C22H25FN4/c23-19-8-6-17(7-9-19)21-22(18-10-12-24-13-11-18)26-20(25-21)5-4-16-27-14-2-1-3-15-27/h6-13H,1-5,14-16H2,(H,25,26). The molecule has 140 valence electrons. The largest absolute Gasteiger partial charge is 0.341 e. The molecule has 1 N–H and O–H groups in total. The van der Waals surface area contributed by atoms with Gasteiger partial charge in [0.25, 0.3) is 0 Å². The van der Waals surface area contributed by atoms with Gasteiger partial charge in [-0.3, -0.25) is 4.98 Å². The van der Waals surface area contributed by atoms with Gasteiger partial charge in [0.15, 0.2) is 0 Å². The predicted molar refractivity (Wildman–Crippen MR) is 106 cm³/mol. The van der Waals surface area contributed by atoms with Crippen LogP contribution in [-0.4, -0.2) is 39.5 Å². The molecule has 3 aromatic rings. The average Bonchev–Trinajstić information content (AvgIpc) is 3.14. The van der Waals surface area contributed by atoms with Crippen molar-refractivity contribution in [2.75, 3.05) is 19.6 Å². The molecule has 5 heteroatoms. The van der Waals surface area contributed by atoms with E-state index in [-0.39, 0.29) is 5.82 Å². The first-order chi connectivity index (χ1) is 13.3. The summed E-state index contributed by atoms with van der Waals surface area (Å²) in [5.41, 5.74) is 3.80. The van der Waals surface area contributed by atoms with Crippen molar-refractivity contribution in [2.24, 2.45) is 0 Å². The lowest BCUT2D eigenvalue weighted by Gasteiger charge is -2.26. The number of piperidine rings is 1. The van der Waals surface area contributed by atoms with Crippen LogP contribution in [0.4, 0.5) is 4.39 Å². The lowest BCUT2D eigenvalue weighted by atomic mass is 10.1. The Kier molecular flexibility index (Phi) is 5.58. The maximum absolute atomic E-state index is 13.3. The van der Waals surface area contributed by atoms with Crippen LogP contribution in [0.15, 0.2) is 48.8 Å². The molecule has 0 unspecified atom stereocenters. The molecule has 0 amide bonds. The van der Waals surface area contributed by atoms with Gasteiger partial charge in [-0.25, -0.2) is 9.37 Å². The van der Waals surface area contributed by atoms with E-state index in [2.05, 4.69) is 14.9 Å². The van der Waals surface area contributed by atoms with Crippen LogP contribution in [0.2, 0.25) is 0 Å². The second kappa shape index (κ2) is 8.44. The van der Waals surface area contributed by atoms with Gasteiger partial charge in [-0.05, 0) is 75.3 Å². The molecule has 27 heavy (non-hydrogen) atoms. The number of pyridine rings is 1. The summed E-state index contributed by atoms with van der Waals surface area (Å²) in [4.78, 5) is 15.0. The van der Waals surface area contributed by atoms with E-state index in [1.54, 1.807) is 24.5 Å². The molecular weight excluding hydrogens is 339 g/mol. The van der Waals surface area contributed by atoms with Gasteiger partial charge in [0, 0.05) is 29.9 Å². The monoisotopic (exact) mass is 364 g/mol. The van der Waals surface area contributed by atoms with E-state index >= 15 is 0 Å². The molecule has 4 rings (SSSR count). The highest BCUT2D eigenvalue weighted by Crippen LogP contribution is 2.30. The van der Waals surface area contributed by atoms with E-state index in [1.807, 2.05) is 12.1 Å². The number of H-pyrrole nitrogens is 1. The summed E-state index contributed by atoms with van der Waals surface area (Å²) >= 11 is 0. The van der Waals surface area contributed by atoms with Crippen molar-refractivity contribution >= 4 is 0 Å². The highest BCUT2D eigenvalue weighted by Gasteiger charge is 2.15. The summed E-state index contributed by atoms with van der Waals surface area (Å²) in [7, 11) is 0. The molecule has 2 aromatic heterocycles. The van der Waals surface area contributed by atoms with Crippen LogP contribution in [0.3, 0.4) is 0 Å². The maximum atomic E-state index is 13.3. The van der Waals surface area contributed by atoms with Gasteiger partial charge in [-0.1, -0.05) is 6.42 Å². The van der Waals surface area contributed by atoms with Crippen LogP contribution < -0.4 is 0 Å². The van der Waals surface area contributed by atoms with Gasteiger partial charge in [0.2, 0.25) is 0 Å². The smallest absolute Gasteiger partial charge is 0.123 e. The van der Waals surface area contributed by atoms with E-state index < -0.39 is 0 Å². The van der Waals surface area contributed by atoms with Crippen molar-refractivity contribution < 1.29 is 4.39 Å². The molecule has 1 aliphatic rings. The Morgan fingerprint density at radius 2 is 1.67 bits per heavy atom. The molecule has 1 aliphatic heterocycles. The molecule has 0 bridgehead atoms. The summed E-state index contributed by atoms with van der Waals surface area (Å²) in [5, 5.41) is 0. The molecule has 0 saturated carbocycles. The minimum Gasteiger partial charge on any atom is -0.341 e. The Morgan fingerprint density at radius 1 is 0.926 bits per heavy atom. The van der Waals surface area contributed by atoms with E-state index in [1.165, 1.54) is 44.5 Å². The fourth-order valence-corrected chi connectivity index (χ4v) is 3.74. The molecular formula is C22H25FN4. The zero-order chi connectivity index (χ0) is 18.5. The van der Waals surface area contributed by atoms with Crippen molar-refractivity contribution in [3.8, 4) is 22.5 Å². The number of aryl methyl sites for hydroxylation is 1. The van der Waals surface area contributed by atoms with Crippen molar-refractivity contribution in [2.45, 2.75) is 32.1 Å². The van der Waals surface area contributed by atoms with Crippen LogP contribution >= 0.6 is 0 Å². The summed E-state index contributed by atoms with van der Waals surface area (Å²) < 4.78 is 13.3. The van der Waals surface area contributed by atoms with Crippen molar-refractivity contribution in [3.63, 3.8) is 0 Å². The second-order valence-corrected chi connectivity index (χ2v) is 7.16. The highest BCUT2D eigenvalue weighted by atomic mass is 19.1. The van der Waals surface area contributed by atoms with Gasteiger partial charge in [0.1, 0.15) is 11.6 Å². The Labute approximate surface area is 159 Å². The van der Waals surface area contributed by atoms with Gasteiger partial charge < -0.3 is 9.88 Å². The number of aromatic nitrogens is 3. The number of halogens is 1. The molecule has 1 aromatic carbocycles. The Bertz CT molecular complexity index is 852. The number of hydrogen-bond donors (Lipinski definition) is 1. The van der Waals surface area contributed by atoms with Crippen LogP contribution in [-0.2, 0) is 6.42 Å². The van der Waals surface area contributed by atoms with Crippen LogP contribution in [0.1, 0.15) is 31.5 Å². The second-order valence-electron chi connectivity index (χ2n) is 7.16. The van der Waals surface area contributed by atoms with Crippen molar-refractivity contribution in [1.29, 1.82) is 0 Å². The number of nitrogens with zero attached hydrogens (tertiary/aromatic N) is 3. The molecule has 1 fully saturated rings. The first-order valence-electron chi connectivity index (χ1n) is 9.77. The lowest BCUT2D eigenvalue weighted by Crippen LogP contribution is -2.30. The number of imidazole rings is 1. The Hall–Kier alpha value is -2.53.